The van der Waals surface area contributed by atoms with E-state index in [-0.39, 0.29) is 22.2 Å². The SMILES string of the molecule is Cc1ccc(Cl)cc1C(=O)Cc1c(F)ccc(Br)c1F. The minimum absolute atomic E-state index is 0.129. The molecule has 5 heteroatoms. The van der Waals surface area contributed by atoms with Gasteiger partial charge in [0, 0.05) is 22.6 Å². The summed E-state index contributed by atoms with van der Waals surface area (Å²) in [5.41, 5.74) is 0.843. The first-order valence-electron chi connectivity index (χ1n) is 5.82. The van der Waals surface area contributed by atoms with Crippen LogP contribution in [-0.4, -0.2) is 5.78 Å². The topological polar surface area (TPSA) is 17.1 Å². The fourth-order valence-electron chi connectivity index (χ4n) is 1.88. The van der Waals surface area contributed by atoms with Crippen LogP contribution in [-0.2, 0) is 6.42 Å². The molecule has 0 atom stereocenters. The summed E-state index contributed by atoms with van der Waals surface area (Å²) >= 11 is 8.82. The van der Waals surface area contributed by atoms with Gasteiger partial charge in [-0.15, -0.1) is 0 Å². The molecule has 0 bridgehead atoms. The Bertz CT molecular complexity index is 686. The van der Waals surface area contributed by atoms with Gasteiger partial charge in [-0.3, -0.25) is 4.79 Å². The number of hydrogen-bond acceptors (Lipinski definition) is 1. The van der Waals surface area contributed by atoms with Crippen molar-refractivity contribution in [3.8, 4) is 0 Å². The van der Waals surface area contributed by atoms with Gasteiger partial charge in [0.05, 0.1) is 4.47 Å². The summed E-state index contributed by atoms with van der Waals surface area (Å²) in [5, 5.41) is 0.411. The zero-order valence-corrected chi connectivity index (χ0v) is 12.9. The van der Waals surface area contributed by atoms with Crippen molar-refractivity contribution in [2.75, 3.05) is 0 Å². The normalized spacial score (nSPS) is 10.7. The highest BCUT2D eigenvalue weighted by atomic mass is 79.9. The van der Waals surface area contributed by atoms with Gasteiger partial charge in [0.15, 0.2) is 5.78 Å². The van der Waals surface area contributed by atoms with E-state index in [2.05, 4.69) is 15.9 Å². The van der Waals surface area contributed by atoms with E-state index in [4.69, 9.17) is 11.6 Å². The van der Waals surface area contributed by atoms with E-state index in [0.29, 0.717) is 10.6 Å². The van der Waals surface area contributed by atoms with E-state index in [1.165, 1.54) is 12.1 Å². The lowest BCUT2D eigenvalue weighted by Gasteiger charge is -2.08. The van der Waals surface area contributed by atoms with Crippen molar-refractivity contribution in [3.05, 3.63) is 68.2 Å². The number of aryl methyl sites for hydroxylation is 1. The molecule has 20 heavy (non-hydrogen) atoms. The van der Waals surface area contributed by atoms with E-state index >= 15 is 0 Å². The molecule has 0 saturated heterocycles. The van der Waals surface area contributed by atoms with E-state index in [0.717, 1.165) is 11.6 Å². The van der Waals surface area contributed by atoms with Crippen LogP contribution >= 0.6 is 27.5 Å². The van der Waals surface area contributed by atoms with E-state index in [1.807, 2.05) is 0 Å². The lowest BCUT2D eigenvalue weighted by atomic mass is 9.99. The molecule has 0 amide bonds. The third-order valence-corrected chi connectivity index (χ3v) is 3.82. The third kappa shape index (κ3) is 3.07. The van der Waals surface area contributed by atoms with Gasteiger partial charge in [-0.05, 0) is 52.7 Å². The van der Waals surface area contributed by atoms with Crippen molar-refractivity contribution in [2.45, 2.75) is 13.3 Å². The molecular weight excluding hydrogens is 350 g/mol. The highest BCUT2D eigenvalue weighted by Crippen LogP contribution is 2.24. The second-order valence-electron chi connectivity index (χ2n) is 4.38. The maximum Gasteiger partial charge on any atom is 0.167 e. The predicted molar refractivity (Wildman–Crippen MR) is 78.3 cm³/mol. The van der Waals surface area contributed by atoms with E-state index < -0.39 is 11.6 Å². The Kier molecular flexibility index (Phi) is 4.55. The van der Waals surface area contributed by atoms with Crippen LogP contribution in [0.5, 0.6) is 0 Å². The van der Waals surface area contributed by atoms with Crippen molar-refractivity contribution in [3.63, 3.8) is 0 Å². The molecule has 0 heterocycles. The molecule has 0 aliphatic heterocycles. The van der Waals surface area contributed by atoms with Gasteiger partial charge in [-0.1, -0.05) is 17.7 Å². The van der Waals surface area contributed by atoms with Gasteiger partial charge in [-0.25, -0.2) is 8.78 Å². The molecule has 0 spiro atoms. The maximum absolute atomic E-state index is 13.9. The molecule has 2 aromatic carbocycles. The van der Waals surface area contributed by atoms with Gasteiger partial charge in [0.25, 0.3) is 0 Å². The van der Waals surface area contributed by atoms with Crippen molar-refractivity contribution in [1.29, 1.82) is 0 Å². The van der Waals surface area contributed by atoms with Crippen molar-refractivity contribution in [2.24, 2.45) is 0 Å². The molecule has 0 fully saturated rings. The number of Topliss-reactive ketones (excluding diaryl/α,β-unsaturated/α-hetero) is 1. The molecule has 0 aliphatic carbocycles. The molecule has 0 N–H and O–H groups in total. The van der Waals surface area contributed by atoms with Gasteiger partial charge in [0.1, 0.15) is 11.6 Å². The summed E-state index contributed by atoms with van der Waals surface area (Å²) in [6.07, 6.45) is -0.349. The second-order valence-corrected chi connectivity index (χ2v) is 5.67. The molecule has 2 rings (SSSR count). The third-order valence-electron chi connectivity index (χ3n) is 2.98. The minimum Gasteiger partial charge on any atom is -0.294 e. The molecular formula is C15H10BrClF2O. The summed E-state index contributed by atoms with van der Waals surface area (Å²) in [6.45, 7) is 1.75. The summed E-state index contributed by atoms with van der Waals surface area (Å²) in [5.74, 6) is -1.86. The molecule has 0 saturated carbocycles. The first kappa shape index (κ1) is 15.1. The first-order chi connectivity index (χ1) is 9.40. The van der Waals surface area contributed by atoms with Gasteiger partial charge in [-0.2, -0.15) is 0 Å². The Morgan fingerprint density at radius 1 is 1.25 bits per heavy atom. The molecule has 2 aromatic rings. The lowest BCUT2D eigenvalue weighted by molar-refractivity contribution is 0.0990. The van der Waals surface area contributed by atoms with Gasteiger partial charge >= 0.3 is 0 Å². The molecule has 0 aromatic heterocycles. The number of benzene rings is 2. The summed E-state index contributed by atoms with van der Waals surface area (Å²) in [6, 6.07) is 7.26. The van der Waals surface area contributed by atoms with Crippen molar-refractivity contribution < 1.29 is 13.6 Å². The molecule has 0 unspecified atom stereocenters. The standard InChI is InChI=1S/C15H10BrClF2O/c1-8-2-3-9(17)6-10(8)14(20)7-11-13(18)5-4-12(16)15(11)19/h2-6H,7H2,1H3. The Morgan fingerprint density at radius 2 is 1.95 bits per heavy atom. The summed E-state index contributed by atoms with van der Waals surface area (Å²) in [7, 11) is 0. The number of carbonyl (C=O) groups excluding carboxylic acids is 1. The fraction of sp³-hybridized carbons (Fsp3) is 0.133. The lowest BCUT2D eigenvalue weighted by Crippen LogP contribution is -2.09. The quantitative estimate of drug-likeness (QED) is 0.549. The number of halogens is 4. The van der Waals surface area contributed by atoms with Crippen molar-refractivity contribution in [1.82, 2.24) is 0 Å². The molecule has 104 valence electrons. The van der Waals surface area contributed by atoms with Crippen molar-refractivity contribution >= 4 is 33.3 Å². The maximum atomic E-state index is 13.9. The van der Waals surface area contributed by atoms with Crippen LogP contribution in [0.4, 0.5) is 8.78 Å². The molecule has 0 radical (unpaired) electrons. The van der Waals surface area contributed by atoms with Gasteiger partial charge in [0.2, 0.25) is 0 Å². The van der Waals surface area contributed by atoms with Crippen LogP contribution < -0.4 is 0 Å². The van der Waals surface area contributed by atoms with Crippen LogP contribution in [0.3, 0.4) is 0 Å². The number of hydrogen-bond donors (Lipinski definition) is 0. The van der Waals surface area contributed by atoms with Crippen LogP contribution in [0.15, 0.2) is 34.8 Å². The highest BCUT2D eigenvalue weighted by Gasteiger charge is 2.18. The van der Waals surface area contributed by atoms with Crippen LogP contribution in [0.1, 0.15) is 21.5 Å². The van der Waals surface area contributed by atoms with Crippen LogP contribution in [0.2, 0.25) is 5.02 Å². The average Bonchev–Trinajstić information content (AvgIpc) is 2.41. The second kappa shape index (κ2) is 6.02. The van der Waals surface area contributed by atoms with Gasteiger partial charge < -0.3 is 0 Å². The minimum atomic E-state index is -0.752. The van der Waals surface area contributed by atoms with Crippen LogP contribution in [0, 0.1) is 18.6 Å². The Labute approximate surface area is 128 Å². The largest absolute Gasteiger partial charge is 0.294 e. The smallest absolute Gasteiger partial charge is 0.167 e. The van der Waals surface area contributed by atoms with E-state index in [9.17, 15) is 13.6 Å². The predicted octanol–water partition coefficient (Wildman–Crippen LogP) is 5.11. The average molecular weight is 360 g/mol. The number of ketones is 1. The Morgan fingerprint density at radius 3 is 2.65 bits per heavy atom. The molecule has 0 aliphatic rings. The van der Waals surface area contributed by atoms with E-state index in [1.54, 1.807) is 19.1 Å². The summed E-state index contributed by atoms with van der Waals surface area (Å²) in [4.78, 5) is 12.2. The number of rotatable bonds is 3. The fourth-order valence-corrected chi connectivity index (χ4v) is 2.43. The molecule has 1 nitrogen and oxygen atoms in total. The van der Waals surface area contributed by atoms with Crippen LogP contribution in [0.25, 0.3) is 0 Å². The zero-order chi connectivity index (χ0) is 14.9. The first-order valence-corrected chi connectivity index (χ1v) is 6.99. The monoisotopic (exact) mass is 358 g/mol. The Balaban J connectivity index is 2.38. The highest BCUT2D eigenvalue weighted by molar-refractivity contribution is 9.10. The zero-order valence-electron chi connectivity index (χ0n) is 10.5. The number of carbonyl (C=O) groups is 1. The summed E-state index contributed by atoms with van der Waals surface area (Å²) < 4.78 is 27.6. The Hall–Kier alpha value is -1.26.